The molecular weight excluding hydrogens is 180 g/mol. The standard InChI is InChI=1S/C15H20/c1-15(2,13-5-3-4-6-13)14-10-11-7-8-12(14)9-11/h3-5,7-8,11-12,14H,6,9-10H2,1-2H3. The average Bonchev–Trinajstić information content (AvgIpc) is 2.94. The van der Waals surface area contributed by atoms with Gasteiger partial charge in [-0.1, -0.05) is 49.8 Å². The van der Waals surface area contributed by atoms with E-state index in [2.05, 4.69) is 44.2 Å². The van der Waals surface area contributed by atoms with E-state index >= 15 is 0 Å². The van der Waals surface area contributed by atoms with Gasteiger partial charge in [0, 0.05) is 0 Å². The maximum Gasteiger partial charge on any atom is -0.0104 e. The molecule has 3 unspecified atom stereocenters. The highest BCUT2D eigenvalue weighted by Gasteiger charge is 2.45. The fourth-order valence-electron chi connectivity index (χ4n) is 3.77. The predicted molar refractivity (Wildman–Crippen MR) is 64.5 cm³/mol. The van der Waals surface area contributed by atoms with Gasteiger partial charge in [-0.15, -0.1) is 0 Å². The molecule has 1 fully saturated rings. The van der Waals surface area contributed by atoms with Gasteiger partial charge in [-0.25, -0.2) is 0 Å². The number of rotatable bonds is 2. The third-order valence-electron chi connectivity index (χ3n) is 4.80. The molecule has 0 aromatic carbocycles. The number of allylic oxidation sites excluding steroid dienone is 6. The van der Waals surface area contributed by atoms with E-state index in [1.165, 1.54) is 19.3 Å². The summed E-state index contributed by atoms with van der Waals surface area (Å²) in [7, 11) is 0. The summed E-state index contributed by atoms with van der Waals surface area (Å²) in [4.78, 5) is 0. The minimum absolute atomic E-state index is 0.410. The van der Waals surface area contributed by atoms with Crippen molar-refractivity contribution in [2.24, 2.45) is 23.2 Å². The molecule has 3 atom stereocenters. The third kappa shape index (κ3) is 1.34. The molecule has 2 bridgehead atoms. The Kier molecular flexibility index (Phi) is 1.95. The van der Waals surface area contributed by atoms with Gasteiger partial charge in [0.1, 0.15) is 0 Å². The maximum absolute atomic E-state index is 2.48. The summed E-state index contributed by atoms with van der Waals surface area (Å²) in [6.07, 6.45) is 15.8. The Morgan fingerprint density at radius 2 is 2.07 bits per heavy atom. The molecule has 80 valence electrons. The fraction of sp³-hybridized carbons (Fsp3) is 0.600. The molecule has 0 spiro atoms. The van der Waals surface area contributed by atoms with Crippen molar-refractivity contribution in [2.75, 3.05) is 0 Å². The molecule has 15 heavy (non-hydrogen) atoms. The number of hydrogen-bond acceptors (Lipinski definition) is 0. The van der Waals surface area contributed by atoms with E-state index in [4.69, 9.17) is 0 Å². The van der Waals surface area contributed by atoms with E-state index in [0.29, 0.717) is 5.41 Å². The van der Waals surface area contributed by atoms with Crippen molar-refractivity contribution in [3.05, 3.63) is 36.0 Å². The van der Waals surface area contributed by atoms with Crippen LogP contribution in [0.3, 0.4) is 0 Å². The first-order chi connectivity index (χ1) is 7.18. The topological polar surface area (TPSA) is 0 Å². The van der Waals surface area contributed by atoms with E-state index in [9.17, 15) is 0 Å². The van der Waals surface area contributed by atoms with Crippen LogP contribution >= 0.6 is 0 Å². The molecule has 3 aliphatic rings. The van der Waals surface area contributed by atoms with Gasteiger partial charge in [0.05, 0.1) is 0 Å². The Morgan fingerprint density at radius 1 is 1.20 bits per heavy atom. The highest BCUT2D eigenvalue weighted by atomic mass is 14.5. The molecule has 3 rings (SSSR count). The van der Waals surface area contributed by atoms with Crippen LogP contribution in [0.5, 0.6) is 0 Å². The largest absolute Gasteiger partial charge is 0.0851 e. The summed E-state index contributed by atoms with van der Waals surface area (Å²) < 4.78 is 0. The summed E-state index contributed by atoms with van der Waals surface area (Å²) in [6, 6.07) is 0. The molecular formula is C15H20. The van der Waals surface area contributed by atoms with E-state index in [-0.39, 0.29) is 0 Å². The molecule has 0 aromatic rings. The first-order valence-corrected chi connectivity index (χ1v) is 6.22. The molecule has 0 radical (unpaired) electrons. The summed E-state index contributed by atoms with van der Waals surface area (Å²) in [5.41, 5.74) is 2.06. The Morgan fingerprint density at radius 3 is 2.60 bits per heavy atom. The number of fused-ring (bicyclic) bond motifs is 2. The molecule has 0 saturated heterocycles. The van der Waals surface area contributed by atoms with Gasteiger partial charge in [-0.3, -0.25) is 0 Å². The van der Waals surface area contributed by atoms with Crippen LogP contribution in [-0.4, -0.2) is 0 Å². The maximum atomic E-state index is 2.48. The molecule has 0 N–H and O–H groups in total. The van der Waals surface area contributed by atoms with Gasteiger partial charge in [-0.05, 0) is 42.4 Å². The molecule has 0 aromatic heterocycles. The van der Waals surface area contributed by atoms with Crippen LogP contribution in [0.15, 0.2) is 36.0 Å². The zero-order valence-electron chi connectivity index (χ0n) is 9.74. The molecule has 0 heteroatoms. The Balaban J connectivity index is 1.84. The van der Waals surface area contributed by atoms with Crippen LogP contribution < -0.4 is 0 Å². The first-order valence-electron chi connectivity index (χ1n) is 6.22. The van der Waals surface area contributed by atoms with Gasteiger partial charge >= 0.3 is 0 Å². The molecule has 0 amide bonds. The van der Waals surface area contributed by atoms with Gasteiger partial charge in [0.2, 0.25) is 0 Å². The highest BCUT2D eigenvalue weighted by molar-refractivity contribution is 5.30. The summed E-state index contributed by atoms with van der Waals surface area (Å²) in [5, 5.41) is 0. The Bertz CT molecular complexity index is 354. The zero-order valence-corrected chi connectivity index (χ0v) is 9.74. The first kappa shape index (κ1) is 9.45. The van der Waals surface area contributed by atoms with Crippen molar-refractivity contribution in [2.45, 2.75) is 33.1 Å². The van der Waals surface area contributed by atoms with Gasteiger partial charge in [0.15, 0.2) is 0 Å². The predicted octanol–water partition coefficient (Wildman–Crippen LogP) is 4.11. The van der Waals surface area contributed by atoms with E-state index in [1.54, 1.807) is 5.57 Å². The third-order valence-corrected chi connectivity index (χ3v) is 4.80. The lowest BCUT2D eigenvalue weighted by molar-refractivity contribution is 0.223. The van der Waals surface area contributed by atoms with E-state index < -0.39 is 0 Å². The molecule has 0 heterocycles. The van der Waals surface area contributed by atoms with E-state index in [0.717, 1.165) is 17.8 Å². The zero-order chi connectivity index (χ0) is 10.5. The van der Waals surface area contributed by atoms with Crippen molar-refractivity contribution in [1.29, 1.82) is 0 Å². The van der Waals surface area contributed by atoms with Gasteiger partial charge in [0.25, 0.3) is 0 Å². The van der Waals surface area contributed by atoms with Crippen LogP contribution in [0.25, 0.3) is 0 Å². The fourth-order valence-corrected chi connectivity index (χ4v) is 3.77. The molecule has 0 aliphatic heterocycles. The summed E-state index contributed by atoms with van der Waals surface area (Å²) in [5.74, 6) is 2.65. The van der Waals surface area contributed by atoms with Crippen molar-refractivity contribution in [3.63, 3.8) is 0 Å². The van der Waals surface area contributed by atoms with E-state index in [1.807, 2.05) is 0 Å². The molecule has 0 nitrogen and oxygen atoms in total. The van der Waals surface area contributed by atoms with Crippen molar-refractivity contribution in [3.8, 4) is 0 Å². The van der Waals surface area contributed by atoms with Crippen LogP contribution in [0, 0.1) is 23.2 Å². The average molecular weight is 200 g/mol. The van der Waals surface area contributed by atoms with Crippen molar-refractivity contribution < 1.29 is 0 Å². The SMILES string of the molecule is CC(C)(C1=CC=CC1)C1CC2C=CC1C2. The van der Waals surface area contributed by atoms with Crippen LogP contribution in [0.2, 0.25) is 0 Å². The lowest BCUT2D eigenvalue weighted by Gasteiger charge is -2.37. The van der Waals surface area contributed by atoms with Gasteiger partial charge in [-0.2, -0.15) is 0 Å². The van der Waals surface area contributed by atoms with Crippen LogP contribution in [0.4, 0.5) is 0 Å². The smallest absolute Gasteiger partial charge is 0.0104 e. The second-order valence-corrected chi connectivity index (χ2v) is 5.93. The van der Waals surface area contributed by atoms with Crippen LogP contribution in [-0.2, 0) is 0 Å². The van der Waals surface area contributed by atoms with Crippen molar-refractivity contribution in [1.82, 2.24) is 0 Å². The summed E-state index contributed by atoms with van der Waals surface area (Å²) in [6.45, 7) is 4.90. The Labute approximate surface area is 92.8 Å². The minimum Gasteiger partial charge on any atom is -0.0851 e. The lowest BCUT2D eigenvalue weighted by atomic mass is 9.67. The van der Waals surface area contributed by atoms with Crippen molar-refractivity contribution >= 4 is 0 Å². The molecule has 3 aliphatic carbocycles. The monoisotopic (exact) mass is 200 g/mol. The van der Waals surface area contributed by atoms with Crippen LogP contribution in [0.1, 0.15) is 33.1 Å². The number of hydrogen-bond donors (Lipinski definition) is 0. The normalized spacial score (nSPS) is 37.7. The lowest BCUT2D eigenvalue weighted by Crippen LogP contribution is -2.29. The summed E-state index contributed by atoms with van der Waals surface area (Å²) >= 11 is 0. The Hall–Kier alpha value is -0.780. The second kappa shape index (κ2) is 3.10. The van der Waals surface area contributed by atoms with Gasteiger partial charge < -0.3 is 0 Å². The second-order valence-electron chi connectivity index (χ2n) is 5.93. The minimum atomic E-state index is 0.410. The quantitative estimate of drug-likeness (QED) is 0.588. The molecule has 1 saturated carbocycles. The highest BCUT2D eigenvalue weighted by Crippen LogP contribution is 2.54.